The van der Waals surface area contributed by atoms with Gasteiger partial charge in [-0.05, 0) is 44.0 Å². The Morgan fingerprint density at radius 3 is 2.96 bits per heavy atom. The summed E-state index contributed by atoms with van der Waals surface area (Å²) in [6, 6.07) is 5.65. The number of aromatic amines is 1. The fourth-order valence-corrected chi connectivity index (χ4v) is 4.25. The molecule has 9 heteroatoms. The van der Waals surface area contributed by atoms with Gasteiger partial charge < -0.3 is 20.5 Å². The molecule has 4 rings (SSSR count). The van der Waals surface area contributed by atoms with Crippen LogP contribution in [0.5, 0.6) is 0 Å². The highest BCUT2D eigenvalue weighted by Crippen LogP contribution is 2.35. The third-order valence-electron chi connectivity index (χ3n) is 5.41. The zero-order valence-corrected chi connectivity index (χ0v) is 17.5. The number of aromatic nitrogens is 2. The van der Waals surface area contributed by atoms with Crippen molar-refractivity contribution in [3.8, 4) is 0 Å². The fourth-order valence-electron chi connectivity index (χ4n) is 4.08. The molecule has 2 aliphatic heterocycles. The number of halogens is 3. The Bertz CT molecular complexity index is 775. The number of benzene rings is 1. The Hall–Kier alpha value is -1.21. The Kier molecular flexibility index (Phi) is 7.63. The molecule has 3 heterocycles. The first kappa shape index (κ1) is 22.1. The Morgan fingerprint density at radius 2 is 2.19 bits per heavy atom. The quantitative estimate of drug-likeness (QED) is 0.693. The van der Waals surface area contributed by atoms with E-state index in [1.165, 1.54) is 12.8 Å². The van der Waals surface area contributed by atoms with Crippen LogP contribution in [-0.4, -0.2) is 53.6 Å². The second kappa shape index (κ2) is 9.32. The number of hydrogen-bond acceptors (Lipinski definition) is 3. The zero-order valence-electron chi connectivity index (χ0n) is 15.1. The summed E-state index contributed by atoms with van der Waals surface area (Å²) in [5.41, 5.74) is 2.13. The molecule has 6 nitrogen and oxygen atoms in total. The molecule has 0 saturated carbocycles. The van der Waals surface area contributed by atoms with Crippen LogP contribution < -0.4 is 10.6 Å². The van der Waals surface area contributed by atoms with Gasteiger partial charge in [-0.3, -0.25) is 0 Å². The predicted molar refractivity (Wildman–Crippen MR) is 113 cm³/mol. The zero-order chi connectivity index (χ0) is 17.3. The number of rotatable bonds is 3. The van der Waals surface area contributed by atoms with Crippen molar-refractivity contribution in [2.75, 3.05) is 32.7 Å². The van der Waals surface area contributed by atoms with Gasteiger partial charge in [0.05, 0.1) is 11.0 Å². The van der Waals surface area contributed by atoms with Crippen LogP contribution in [0.3, 0.4) is 0 Å². The largest absolute Gasteiger partial charge is 0.342 e. The molecule has 2 amide bonds. The van der Waals surface area contributed by atoms with Gasteiger partial charge in [-0.1, -0.05) is 11.6 Å². The predicted octanol–water partition coefficient (Wildman–Crippen LogP) is 3.39. The van der Waals surface area contributed by atoms with E-state index in [1.807, 2.05) is 23.1 Å². The minimum absolute atomic E-state index is 0. The normalized spacial score (nSPS) is 21.7. The van der Waals surface area contributed by atoms with Gasteiger partial charge >= 0.3 is 6.03 Å². The molecule has 1 unspecified atom stereocenters. The lowest BCUT2D eigenvalue weighted by Gasteiger charge is -2.39. The maximum atomic E-state index is 12.5. The van der Waals surface area contributed by atoms with Gasteiger partial charge in [0.1, 0.15) is 5.82 Å². The minimum Gasteiger partial charge on any atom is -0.342 e. The van der Waals surface area contributed by atoms with Crippen LogP contribution in [0, 0.1) is 5.41 Å². The number of piperidine rings is 1. The Labute approximate surface area is 176 Å². The number of imidazole rings is 1. The first-order valence-electron chi connectivity index (χ1n) is 9.01. The smallest absolute Gasteiger partial charge is 0.317 e. The lowest BCUT2D eigenvalue weighted by Crippen LogP contribution is -2.50. The number of likely N-dealkylation sites (tertiary alicyclic amines) is 1. The van der Waals surface area contributed by atoms with E-state index in [-0.39, 0.29) is 30.8 Å². The lowest BCUT2D eigenvalue weighted by atomic mass is 9.79. The molecular formula is C18H26Cl3N5O. The van der Waals surface area contributed by atoms with E-state index >= 15 is 0 Å². The summed E-state index contributed by atoms with van der Waals surface area (Å²) >= 11 is 6.00. The third-order valence-corrected chi connectivity index (χ3v) is 5.65. The van der Waals surface area contributed by atoms with Crippen LogP contribution in [0.2, 0.25) is 5.02 Å². The van der Waals surface area contributed by atoms with Crippen molar-refractivity contribution < 1.29 is 4.79 Å². The molecule has 2 saturated heterocycles. The van der Waals surface area contributed by atoms with Crippen LogP contribution in [-0.2, 0) is 6.42 Å². The van der Waals surface area contributed by atoms with Gasteiger partial charge in [-0.2, -0.15) is 0 Å². The van der Waals surface area contributed by atoms with Crippen molar-refractivity contribution in [2.24, 2.45) is 5.41 Å². The molecule has 2 aliphatic rings. The lowest BCUT2D eigenvalue weighted by molar-refractivity contribution is 0.118. The Balaban J connectivity index is 0.00000131. The van der Waals surface area contributed by atoms with E-state index in [2.05, 4.69) is 20.6 Å². The Morgan fingerprint density at radius 1 is 1.33 bits per heavy atom. The highest BCUT2D eigenvalue weighted by atomic mass is 35.5. The maximum Gasteiger partial charge on any atom is 0.317 e. The highest BCUT2D eigenvalue weighted by Gasteiger charge is 2.39. The number of H-pyrrole nitrogens is 1. The molecule has 1 spiro atoms. The van der Waals surface area contributed by atoms with Crippen LogP contribution in [0.1, 0.15) is 25.1 Å². The number of carbonyl (C=O) groups is 1. The molecular weight excluding hydrogens is 409 g/mol. The number of amides is 2. The number of nitrogens with zero attached hydrogens (tertiary/aromatic N) is 2. The topological polar surface area (TPSA) is 73.0 Å². The average Bonchev–Trinajstić information content (AvgIpc) is 3.21. The van der Waals surface area contributed by atoms with E-state index in [0.29, 0.717) is 23.4 Å². The van der Waals surface area contributed by atoms with Gasteiger partial charge in [-0.25, -0.2) is 9.78 Å². The van der Waals surface area contributed by atoms with E-state index in [9.17, 15) is 4.79 Å². The number of hydrogen-bond donors (Lipinski definition) is 3. The summed E-state index contributed by atoms with van der Waals surface area (Å²) in [4.78, 5) is 22.3. The van der Waals surface area contributed by atoms with Gasteiger partial charge in [0.2, 0.25) is 0 Å². The van der Waals surface area contributed by atoms with Crippen molar-refractivity contribution in [3.05, 3.63) is 29.0 Å². The summed E-state index contributed by atoms with van der Waals surface area (Å²) < 4.78 is 0. The molecule has 27 heavy (non-hydrogen) atoms. The summed E-state index contributed by atoms with van der Waals surface area (Å²) in [6.07, 6.45) is 4.18. The maximum absolute atomic E-state index is 12.5. The molecule has 2 aromatic rings. The van der Waals surface area contributed by atoms with Crippen LogP contribution in [0.4, 0.5) is 4.79 Å². The summed E-state index contributed by atoms with van der Waals surface area (Å²) in [5.74, 6) is 0.868. The minimum atomic E-state index is 0. The summed E-state index contributed by atoms with van der Waals surface area (Å²) in [6.45, 7) is 4.42. The van der Waals surface area contributed by atoms with Crippen LogP contribution in [0.25, 0.3) is 11.0 Å². The SMILES string of the molecule is Cl.Cl.O=C(NCCc1nc2ccc(Cl)cc2[nH]1)N1CCCC2(CCNC2)C1. The van der Waals surface area contributed by atoms with Gasteiger partial charge in [0, 0.05) is 43.0 Å². The van der Waals surface area contributed by atoms with Gasteiger partial charge in [0.15, 0.2) is 0 Å². The monoisotopic (exact) mass is 433 g/mol. The molecule has 150 valence electrons. The van der Waals surface area contributed by atoms with E-state index < -0.39 is 0 Å². The van der Waals surface area contributed by atoms with E-state index in [0.717, 1.165) is 49.5 Å². The number of fused-ring (bicyclic) bond motifs is 1. The fraction of sp³-hybridized carbons (Fsp3) is 0.556. The first-order chi connectivity index (χ1) is 12.1. The number of nitrogens with one attached hydrogen (secondary N) is 3. The molecule has 2 fully saturated rings. The van der Waals surface area contributed by atoms with E-state index in [1.54, 1.807) is 0 Å². The van der Waals surface area contributed by atoms with Crippen molar-refractivity contribution in [1.82, 2.24) is 25.5 Å². The van der Waals surface area contributed by atoms with E-state index in [4.69, 9.17) is 11.6 Å². The van der Waals surface area contributed by atoms with Crippen molar-refractivity contribution in [2.45, 2.75) is 25.7 Å². The van der Waals surface area contributed by atoms with Gasteiger partial charge in [0.25, 0.3) is 0 Å². The molecule has 3 N–H and O–H groups in total. The summed E-state index contributed by atoms with van der Waals surface area (Å²) in [5, 5.41) is 7.18. The molecule has 1 aromatic carbocycles. The van der Waals surface area contributed by atoms with Crippen molar-refractivity contribution in [3.63, 3.8) is 0 Å². The second-order valence-corrected chi connectivity index (χ2v) is 7.72. The van der Waals surface area contributed by atoms with Gasteiger partial charge in [-0.15, -0.1) is 24.8 Å². The molecule has 0 radical (unpaired) electrons. The second-order valence-electron chi connectivity index (χ2n) is 7.28. The van der Waals surface area contributed by atoms with Crippen molar-refractivity contribution in [1.29, 1.82) is 0 Å². The average molecular weight is 435 g/mol. The molecule has 0 bridgehead atoms. The standard InChI is InChI=1S/C18H24ClN5O.2ClH/c19-13-2-3-14-15(10-13)23-16(22-14)4-7-21-17(25)24-9-1-5-18(12-24)6-8-20-11-18;;/h2-3,10,20H,1,4-9,11-12H2,(H,21,25)(H,22,23);2*1H. The summed E-state index contributed by atoms with van der Waals surface area (Å²) in [7, 11) is 0. The van der Waals surface area contributed by atoms with Crippen molar-refractivity contribution >= 4 is 53.5 Å². The van der Waals surface area contributed by atoms with Crippen LogP contribution in [0.15, 0.2) is 18.2 Å². The molecule has 1 atom stereocenters. The van der Waals surface area contributed by atoms with Crippen LogP contribution >= 0.6 is 36.4 Å². The third kappa shape index (κ3) is 4.99. The first-order valence-corrected chi connectivity index (χ1v) is 9.39. The highest BCUT2D eigenvalue weighted by molar-refractivity contribution is 6.31. The number of carbonyl (C=O) groups excluding carboxylic acids is 1. The molecule has 0 aliphatic carbocycles. The number of urea groups is 1. The molecule has 1 aromatic heterocycles.